The zero-order valence-electron chi connectivity index (χ0n) is 10.9. The molecule has 2 amide bonds. The van der Waals surface area contributed by atoms with Gasteiger partial charge in [0.2, 0.25) is 11.8 Å². The third-order valence-electron chi connectivity index (χ3n) is 2.49. The first-order chi connectivity index (χ1) is 8.11. The Bertz CT molecular complexity index is 232. The Morgan fingerprint density at radius 2 is 1.82 bits per heavy atom. The average molecular weight is 244 g/mol. The van der Waals surface area contributed by atoms with Gasteiger partial charge in [-0.1, -0.05) is 26.2 Å². The number of unbranched alkanes of at least 4 members (excludes halogenated alkanes) is 3. The van der Waals surface area contributed by atoms with Crippen molar-refractivity contribution in [2.24, 2.45) is 5.73 Å². The van der Waals surface area contributed by atoms with Crippen LogP contribution in [0.15, 0.2) is 0 Å². The highest BCUT2D eigenvalue weighted by molar-refractivity contribution is 5.78. The van der Waals surface area contributed by atoms with Crippen molar-refractivity contribution in [1.29, 1.82) is 0 Å². The summed E-state index contributed by atoms with van der Waals surface area (Å²) in [6, 6.07) is 0. The van der Waals surface area contributed by atoms with Gasteiger partial charge < -0.3 is 15.4 Å². The number of amides is 2. The van der Waals surface area contributed by atoms with Crippen LogP contribution in [0.4, 0.5) is 0 Å². The topological polar surface area (TPSA) is 72.6 Å². The van der Waals surface area contributed by atoms with E-state index in [9.17, 15) is 9.59 Å². The number of carbonyl (C=O) groups excluding carboxylic acids is 2. The van der Waals surface area contributed by atoms with Gasteiger partial charge in [-0.3, -0.25) is 9.59 Å². The number of hydrogen-bond acceptors (Lipinski definition) is 3. The van der Waals surface area contributed by atoms with E-state index in [2.05, 4.69) is 6.92 Å². The van der Waals surface area contributed by atoms with Gasteiger partial charge in [-0.25, -0.2) is 0 Å². The van der Waals surface area contributed by atoms with Crippen molar-refractivity contribution in [3.63, 3.8) is 0 Å². The quantitative estimate of drug-likeness (QED) is 0.581. The Morgan fingerprint density at radius 3 is 2.35 bits per heavy atom. The molecule has 0 saturated carbocycles. The number of ether oxygens (including phenoxy) is 1. The van der Waals surface area contributed by atoms with E-state index in [0.717, 1.165) is 19.4 Å². The third kappa shape index (κ3) is 8.68. The number of nitrogens with two attached hydrogens (primary N) is 1. The lowest BCUT2D eigenvalue weighted by molar-refractivity contribution is -0.137. The van der Waals surface area contributed by atoms with Crippen molar-refractivity contribution in [2.75, 3.05) is 26.3 Å². The van der Waals surface area contributed by atoms with Gasteiger partial charge in [0.1, 0.15) is 13.2 Å². The monoisotopic (exact) mass is 244 g/mol. The van der Waals surface area contributed by atoms with E-state index in [-0.39, 0.29) is 19.1 Å². The van der Waals surface area contributed by atoms with Crippen LogP contribution < -0.4 is 5.73 Å². The van der Waals surface area contributed by atoms with Crippen LogP contribution in [0.5, 0.6) is 0 Å². The molecule has 0 heterocycles. The molecule has 0 aliphatic heterocycles. The highest BCUT2D eigenvalue weighted by atomic mass is 16.5. The molecule has 17 heavy (non-hydrogen) atoms. The molecule has 5 nitrogen and oxygen atoms in total. The largest absolute Gasteiger partial charge is 0.368 e. The molecule has 0 bridgehead atoms. The lowest BCUT2D eigenvalue weighted by atomic mass is 10.2. The summed E-state index contributed by atoms with van der Waals surface area (Å²) in [5.74, 6) is -0.631. The van der Waals surface area contributed by atoms with Crippen LogP contribution in [0.25, 0.3) is 0 Å². The fraction of sp³-hybridized carbons (Fsp3) is 0.833. The maximum absolute atomic E-state index is 11.7. The Labute approximate surface area is 103 Å². The van der Waals surface area contributed by atoms with E-state index < -0.39 is 5.91 Å². The van der Waals surface area contributed by atoms with Crippen molar-refractivity contribution in [1.82, 2.24) is 4.90 Å². The molecule has 0 aromatic carbocycles. The summed E-state index contributed by atoms with van der Waals surface area (Å²) in [6.45, 7) is 5.26. The number of likely N-dealkylation sites (N-methyl/N-ethyl adjacent to an activating group) is 1. The second-order valence-electron chi connectivity index (χ2n) is 3.99. The van der Waals surface area contributed by atoms with Crippen LogP contribution in [0.3, 0.4) is 0 Å². The van der Waals surface area contributed by atoms with Crippen molar-refractivity contribution >= 4 is 11.8 Å². The lowest BCUT2D eigenvalue weighted by Crippen LogP contribution is -2.35. The van der Waals surface area contributed by atoms with E-state index in [1.807, 2.05) is 6.92 Å². The highest BCUT2D eigenvalue weighted by Crippen LogP contribution is 2.01. The summed E-state index contributed by atoms with van der Waals surface area (Å²) < 4.78 is 4.90. The van der Waals surface area contributed by atoms with Gasteiger partial charge in [0.05, 0.1) is 0 Å². The molecule has 0 spiro atoms. The molecule has 0 saturated heterocycles. The SMILES string of the molecule is CCCCCCN(CC)C(=O)COCC(N)=O. The van der Waals surface area contributed by atoms with Gasteiger partial charge in [-0.15, -0.1) is 0 Å². The molecule has 2 N–H and O–H groups in total. The third-order valence-corrected chi connectivity index (χ3v) is 2.49. The maximum atomic E-state index is 11.7. The summed E-state index contributed by atoms with van der Waals surface area (Å²) in [5, 5.41) is 0. The summed E-state index contributed by atoms with van der Waals surface area (Å²) >= 11 is 0. The molecule has 5 heteroatoms. The van der Waals surface area contributed by atoms with Crippen molar-refractivity contribution in [3.05, 3.63) is 0 Å². The standard InChI is InChI=1S/C12H24N2O3/c1-3-5-6-7-8-14(4-2)12(16)10-17-9-11(13)15/h3-10H2,1-2H3,(H2,13,15). The van der Waals surface area contributed by atoms with Crippen LogP contribution in [-0.2, 0) is 14.3 Å². The molecule has 0 radical (unpaired) electrons. The molecule has 100 valence electrons. The first-order valence-electron chi connectivity index (χ1n) is 6.25. The predicted octanol–water partition coefficient (Wildman–Crippen LogP) is 0.917. The minimum atomic E-state index is -0.552. The fourth-order valence-corrected chi connectivity index (χ4v) is 1.52. The molecule has 0 rings (SSSR count). The van der Waals surface area contributed by atoms with E-state index in [0.29, 0.717) is 6.54 Å². The lowest BCUT2D eigenvalue weighted by Gasteiger charge is -2.20. The Kier molecular flexibility index (Phi) is 9.43. The average Bonchev–Trinajstić information content (AvgIpc) is 2.28. The van der Waals surface area contributed by atoms with Gasteiger partial charge in [-0.2, -0.15) is 0 Å². The molecule has 0 fully saturated rings. The summed E-state index contributed by atoms with van der Waals surface area (Å²) in [7, 11) is 0. The molecule has 0 unspecified atom stereocenters. The van der Waals surface area contributed by atoms with Crippen LogP contribution in [0.2, 0.25) is 0 Å². The maximum Gasteiger partial charge on any atom is 0.248 e. The van der Waals surface area contributed by atoms with E-state index >= 15 is 0 Å². The molecule has 0 aromatic rings. The van der Waals surface area contributed by atoms with Gasteiger partial charge in [0, 0.05) is 13.1 Å². The minimum absolute atomic E-state index is 0.0649. The number of primary amides is 1. The van der Waals surface area contributed by atoms with Gasteiger partial charge in [0.25, 0.3) is 0 Å². The van der Waals surface area contributed by atoms with E-state index in [1.54, 1.807) is 4.90 Å². The van der Waals surface area contributed by atoms with Crippen LogP contribution in [-0.4, -0.2) is 43.0 Å². The molecule has 0 atom stereocenters. The van der Waals surface area contributed by atoms with Crippen molar-refractivity contribution < 1.29 is 14.3 Å². The van der Waals surface area contributed by atoms with Crippen molar-refractivity contribution in [3.8, 4) is 0 Å². The van der Waals surface area contributed by atoms with E-state index in [1.165, 1.54) is 12.8 Å². The van der Waals surface area contributed by atoms with Crippen molar-refractivity contribution in [2.45, 2.75) is 39.5 Å². The van der Waals surface area contributed by atoms with Crippen LogP contribution >= 0.6 is 0 Å². The summed E-state index contributed by atoms with van der Waals surface area (Å²) in [5.41, 5.74) is 4.91. The zero-order chi connectivity index (χ0) is 13.1. The Balaban J connectivity index is 3.75. The zero-order valence-corrected chi connectivity index (χ0v) is 10.9. The molecule has 0 aliphatic rings. The number of carbonyl (C=O) groups is 2. The Hall–Kier alpha value is -1.10. The first kappa shape index (κ1) is 15.9. The van der Waals surface area contributed by atoms with Gasteiger partial charge >= 0.3 is 0 Å². The summed E-state index contributed by atoms with van der Waals surface area (Å²) in [6.07, 6.45) is 4.54. The second kappa shape index (κ2) is 10.1. The first-order valence-corrected chi connectivity index (χ1v) is 6.25. The van der Waals surface area contributed by atoms with E-state index in [4.69, 9.17) is 10.5 Å². The minimum Gasteiger partial charge on any atom is -0.368 e. The fourth-order valence-electron chi connectivity index (χ4n) is 1.52. The van der Waals surface area contributed by atoms with Gasteiger partial charge in [0.15, 0.2) is 0 Å². The Morgan fingerprint density at radius 1 is 1.12 bits per heavy atom. The molecule has 0 aromatic heterocycles. The predicted molar refractivity (Wildman–Crippen MR) is 66.4 cm³/mol. The molecular formula is C12H24N2O3. The normalized spacial score (nSPS) is 10.2. The van der Waals surface area contributed by atoms with Crippen LogP contribution in [0, 0.1) is 0 Å². The number of rotatable bonds is 10. The van der Waals surface area contributed by atoms with Crippen LogP contribution in [0.1, 0.15) is 39.5 Å². The second-order valence-corrected chi connectivity index (χ2v) is 3.99. The number of nitrogens with zero attached hydrogens (tertiary/aromatic N) is 1. The smallest absolute Gasteiger partial charge is 0.248 e. The summed E-state index contributed by atoms with van der Waals surface area (Å²) in [4.78, 5) is 23.9. The van der Waals surface area contributed by atoms with Gasteiger partial charge in [-0.05, 0) is 13.3 Å². The molecule has 0 aliphatic carbocycles. The highest BCUT2D eigenvalue weighted by Gasteiger charge is 2.11. The molecular weight excluding hydrogens is 220 g/mol. The number of hydrogen-bond donors (Lipinski definition) is 1.